The molecule has 0 unspecified atom stereocenters. The molecule has 1 aromatic heterocycles. The number of rotatable bonds is 3. The number of furan rings is 1. The first-order valence-electron chi connectivity index (χ1n) is 8.34. The smallest absolute Gasteiger partial charge is 0.150 e. The molecule has 116 valence electrons. The molecule has 2 aromatic carbocycles. The van der Waals surface area contributed by atoms with E-state index in [2.05, 4.69) is 24.3 Å². The number of carbonyl (C=O) groups is 1. The van der Waals surface area contributed by atoms with E-state index in [0.717, 1.165) is 28.8 Å². The van der Waals surface area contributed by atoms with Gasteiger partial charge in [0.2, 0.25) is 0 Å². The molecular formula is C21H20O2. The summed E-state index contributed by atoms with van der Waals surface area (Å²) in [5.74, 6) is 1.59. The lowest BCUT2D eigenvalue weighted by Gasteiger charge is -2.08. The van der Waals surface area contributed by atoms with Crippen LogP contribution in [-0.4, -0.2) is 6.29 Å². The van der Waals surface area contributed by atoms with Gasteiger partial charge in [-0.05, 0) is 61.1 Å². The quantitative estimate of drug-likeness (QED) is 0.566. The molecular weight excluding hydrogens is 284 g/mol. The van der Waals surface area contributed by atoms with Crippen LogP contribution in [-0.2, 0) is 0 Å². The van der Waals surface area contributed by atoms with E-state index in [1.807, 2.05) is 25.1 Å². The summed E-state index contributed by atoms with van der Waals surface area (Å²) in [6, 6.07) is 14.4. The van der Waals surface area contributed by atoms with Crippen molar-refractivity contribution in [3.63, 3.8) is 0 Å². The maximum atomic E-state index is 10.9. The molecule has 0 radical (unpaired) electrons. The Bertz CT molecular complexity index is 867. The fourth-order valence-corrected chi connectivity index (χ4v) is 3.74. The summed E-state index contributed by atoms with van der Waals surface area (Å²) in [6.45, 7) is 2.01. The first kappa shape index (κ1) is 14.3. The van der Waals surface area contributed by atoms with E-state index in [1.165, 1.54) is 36.6 Å². The zero-order valence-electron chi connectivity index (χ0n) is 13.3. The van der Waals surface area contributed by atoms with Crippen LogP contribution in [0.1, 0.15) is 53.1 Å². The summed E-state index contributed by atoms with van der Waals surface area (Å²) < 4.78 is 6.04. The first-order chi connectivity index (χ1) is 11.2. The largest absolute Gasteiger partial charge is 0.456 e. The van der Waals surface area contributed by atoms with Crippen molar-refractivity contribution in [2.75, 3.05) is 0 Å². The Morgan fingerprint density at radius 1 is 1.04 bits per heavy atom. The molecule has 23 heavy (non-hydrogen) atoms. The molecule has 0 saturated heterocycles. The van der Waals surface area contributed by atoms with Gasteiger partial charge in [-0.25, -0.2) is 0 Å². The predicted octanol–water partition coefficient (Wildman–Crippen LogP) is 5.88. The number of fused-ring (bicyclic) bond motifs is 1. The van der Waals surface area contributed by atoms with Crippen LogP contribution in [0.15, 0.2) is 46.9 Å². The van der Waals surface area contributed by atoms with Crippen LogP contribution in [0.5, 0.6) is 0 Å². The Hall–Kier alpha value is -2.35. The summed E-state index contributed by atoms with van der Waals surface area (Å²) in [5.41, 5.74) is 5.18. The summed E-state index contributed by atoms with van der Waals surface area (Å²) in [4.78, 5) is 10.9. The molecule has 1 fully saturated rings. The Balaban J connectivity index is 1.75. The van der Waals surface area contributed by atoms with Crippen molar-refractivity contribution < 1.29 is 9.21 Å². The molecule has 0 amide bonds. The Morgan fingerprint density at radius 3 is 2.61 bits per heavy atom. The van der Waals surface area contributed by atoms with E-state index >= 15 is 0 Å². The molecule has 0 atom stereocenters. The standard InChI is InChI=1S/C21H20O2/c1-14-10-15(13-22)6-8-19(14)21-12-18-11-17(7-9-20(18)23-21)16-4-2-3-5-16/h6-13,16H,2-5H2,1H3. The number of hydrogen-bond acceptors (Lipinski definition) is 2. The molecule has 0 N–H and O–H groups in total. The third-order valence-electron chi connectivity index (χ3n) is 5.02. The maximum absolute atomic E-state index is 10.9. The summed E-state index contributed by atoms with van der Waals surface area (Å²) in [6.07, 6.45) is 6.19. The monoisotopic (exact) mass is 304 g/mol. The number of aldehydes is 1. The molecule has 1 heterocycles. The van der Waals surface area contributed by atoms with Gasteiger partial charge in [0.1, 0.15) is 17.6 Å². The molecule has 4 rings (SSSR count). The minimum atomic E-state index is 0.700. The molecule has 1 aliphatic carbocycles. The number of aryl methyl sites for hydroxylation is 1. The Kier molecular flexibility index (Phi) is 3.53. The fourth-order valence-electron chi connectivity index (χ4n) is 3.74. The van der Waals surface area contributed by atoms with E-state index in [4.69, 9.17) is 4.42 Å². The molecule has 0 bridgehead atoms. The van der Waals surface area contributed by atoms with Crippen molar-refractivity contribution in [3.8, 4) is 11.3 Å². The minimum absolute atomic E-state index is 0.700. The second-order valence-corrected chi connectivity index (χ2v) is 6.58. The average molecular weight is 304 g/mol. The number of carbonyl (C=O) groups excluding carboxylic acids is 1. The number of benzene rings is 2. The maximum Gasteiger partial charge on any atom is 0.150 e. The van der Waals surface area contributed by atoms with Crippen molar-refractivity contribution in [1.82, 2.24) is 0 Å². The van der Waals surface area contributed by atoms with E-state index < -0.39 is 0 Å². The van der Waals surface area contributed by atoms with Crippen molar-refractivity contribution in [3.05, 3.63) is 59.2 Å². The lowest BCUT2D eigenvalue weighted by molar-refractivity contribution is 0.112. The first-order valence-corrected chi connectivity index (χ1v) is 8.34. The third-order valence-corrected chi connectivity index (χ3v) is 5.02. The molecule has 2 heteroatoms. The average Bonchev–Trinajstić information content (AvgIpc) is 3.23. The van der Waals surface area contributed by atoms with Crippen LogP contribution >= 0.6 is 0 Å². The Labute approximate surface area is 136 Å². The highest BCUT2D eigenvalue weighted by molar-refractivity contribution is 5.85. The SMILES string of the molecule is Cc1cc(C=O)ccc1-c1cc2cc(C3CCCC3)ccc2o1. The lowest BCUT2D eigenvalue weighted by Crippen LogP contribution is -1.90. The van der Waals surface area contributed by atoms with Gasteiger partial charge >= 0.3 is 0 Å². The molecule has 0 spiro atoms. The van der Waals surface area contributed by atoms with Crippen molar-refractivity contribution in [2.45, 2.75) is 38.5 Å². The zero-order chi connectivity index (χ0) is 15.8. The highest BCUT2D eigenvalue weighted by Crippen LogP contribution is 2.37. The number of hydrogen-bond donors (Lipinski definition) is 0. The van der Waals surface area contributed by atoms with E-state index in [9.17, 15) is 4.79 Å². The fraction of sp³-hybridized carbons (Fsp3) is 0.286. The van der Waals surface area contributed by atoms with Crippen LogP contribution in [0.2, 0.25) is 0 Å². The van der Waals surface area contributed by atoms with Gasteiger partial charge < -0.3 is 4.42 Å². The van der Waals surface area contributed by atoms with Crippen molar-refractivity contribution in [2.24, 2.45) is 0 Å². The van der Waals surface area contributed by atoms with Crippen LogP contribution in [0.4, 0.5) is 0 Å². The minimum Gasteiger partial charge on any atom is -0.456 e. The normalized spacial score (nSPS) is 15.3. The van der Waals surface area contributed by atoms with Crippen LogP contribution in [0.3, 0.4) is 0 Å². The van der Waals surface area contributed by atoms with Crippen molar-refractivity contribution in [1.29, 1.82) is 0 Å². The van der Waals surface area contributed by atoms with Crippen molar-refractivity contribution >= 4 is 17.3 Å². The van der Waals surface area contributed by atoms with Gasteiger partial charge in [0.25, 0.3) is 0 Å². The van der Waals surface area contributed by atoms with Crippen LogP contribution in [0.25, 0.3) is 22.3 Å². The van der Waals surface area contributed by atoms with Crippen LogP contribution in [0, 0.1) is 6.92 Å². The highest BCUT2D eigenvalue weighted by atomic mass is 16.3. The summed E-state index contributed by atoms with van der Waals surface area (Å²) in [5, 5.41) is 1.17. The van der Waals surface area contributed by atoms with E-state index in [1.54, 1.807) is 0 Å². The molecule has 0 aliphatic heterocycles. The Morgan fingerprint density at radius 2 is 1.87 bits per heavy atom. The van der Waals surface area contributed by atoms with Gasteiger partial charge in [-0.3, -0.25) is 4.79 Å². The second-order valence-electron chi connectivity index (χ2n) is 6.58. The lowest BCUT2D eigenvalue weighted by atomic mass is 9.96. The second kappa shape index (κ2) is 5.69. The van der Waals surface area contributed by atoms with Gasteiger partial charge in [-0.1, -0.05) is 31.0 Å². The molecule has 1 aliphatic rings. The van der Waals surface area contributed by atoms with E-state index in [0.29, 0.717) is 11.5 Å². The highest BCUT2D eigenvalue weighted by Gasteiger charge is 2.18. The molecule has 2 nitrogen and oxygen atoms in total. The van der Waals surface area contributed by atoms with Gasteiger partial charge in [0.15, 0.2) is 0 Å². The summed E-state index contributed by atoms with van der Waals surface area (Å²) >= 11 is 0. The van der Waals surface area contributed by atoms with Gasteiger partial charge in [0.05, 0.1) is 0 Å². The van der Waals surface area contributed by atoms with Crippen LogP contribution < -0.4 is 0 Å². The van der Waals surface area contributed by atoms with Gasteiger partial charge in [-0.15, -0.1) is 0 Å². The third kappa shape index (κ3) is 2.59. The summed E-state index contributed by atoms with van der Waals surface area (Å²) in [7, 11) is 0. The molecule has 1 saturated carbocycles. The van der Waals surface area contributed by atoms with E-state index in [-0.39, 0.29) is 0 Å². The topological polar surface area (TPSA) is 30.2 Å². The predicted molar refractivity (Wildman–Crippen MR) is 93.0 cm³/mol. The zero-order valence-corrected chi connectivity index (χ0v) is 13.3. The van der Waals surface area contributed by atoms with Gasteiger partial charge in [-0.2, -0.15) is 0 Å². The van der Waals surface area contributed by atoms with Gasteiger partial charge in [0, 0.05) is 16.5 Å². The molecule has 3 aromatic rings.